The van der Waals surface area contributed by atoms with Crippen LogP contribution in [0.2, 0.25) is 0 Å². The molecule has 0 unspecified atom stereocenters. The second kappa shape index (κ2) is 11.7. The number of nitrogens with zero attached hydrogens (tertiary/aromatic N) is 1. The fraction of sp³-hybridized carbons (Fsp3) is 0.344. The fourth-order valence-corrected chi connectivity index (χ4v) is 5.73. The summed E-state index contributed by atoms with van der Waals surface area (Å²) in [6, 6.07) is 17.0. The van der Waals surface area contributed by atoms with Crippen LogP contribution in [0.4, 0.5) is 5.69 Å². The molecule has 39 heavy (non-hydrogen) atoms. The summed E-state index contributed by atoms with van der Waals surface area (Å²) in [5.41, 5.74) is 7.38. The van der Waals surface area contributed by atoms with Crippen LogP contribution in [0.15, 0.2) is 54.7 Å². The van der Waals surface area contributed by atoms with Crippen LogP contribution < -0.4 is 45.8 Å². The van der Waals surface area contributed by atoms with Crippen molar-refractivity contribution in [3.05, 3.63) is 71.4 Å². The third-order valence-corrected chi connectivity index (χ3v) is 7.71. The minimum Gasteiger partial charge on any atom is -1.00 e. The monoisotopic (exact) mass is 590 g/mol. The van der Waals surface area contributed by atoms with Gasteiger partial charge in [0, 0.05) is 30.3 Å². The molecule has 0 spiro atoms. The molecule has 0 saturated heterocycles. The lowest BCUT2D eigenvalue weighted by atomic mass is 9.88. The van der Waals surface area contributed by atoms with E-state index in [1.807, 2.05) is 12.1 Å². The van der Waals surface area contributed by atoms with E-state index in [9.17, 15) is 0 Å². The molecule has 204 valence electrons. The number of hydrogen-bond donors (Lipinski definition) is 1. The molecule has 1 N–H and O–H groups in total. The number of unbranched alkanes of at least 4 members (excludes halogenated alkanes) is 2. The van der Waals surface area contributed by atoms with Crippen molar-refractivity contribution >= 4 is 16.5 Å². The van der Waals surface area contributed by atoms with Gasteiger partial charge in [-0.15, -0.1) is 0 Å². The summed E-state index contributed by atoms with van der Waals surface area (Å²) in [6.07, 6.45) is 7.59. The van der Waals surface area contributed by atoms with Crippen LogP contribution in [-0.2, 0) is 19.4 Å². The Morgan fingerprint density at radius 3 is 2.46 bits per heavy atom. The molecule has 7 heteroatoms. The summed E-state index contributed by atoms with van der Waals surface area (Å²) >= 11 is 0. The molecule has 0 aliphatic carbocycles. The van der Waals surface area contributed by atoms with Gasteiger partial charge in [0.05, 0.1) is 30.9 Å². The molecule has 1 aromatic heterocycles. The number of fused-ring (bicyclic) bond motifs is 5. The molecular formula is C32H35BrN2O4. The first-order valence-corrected chi connectivity index (χ1v) is 13.6. The van der Waals surface area contributed by atoms with E-state index >= 15 is 0 Å². The number of pyridine rings is 1. The minimum atomic E-state index is 0. The third kappa shape index (κ3) is 5.12. The Balaban J connectivity index is 0.00000308. The molecule has 4 aromatic rings. The molecule has 0 saturated carbocycles. The van der Waals surface area contributed by atoms with E-state index in [2.05, 4.69) is 59.4 Å². The number of benzene rings is 3. The molecule has 6 rings (SSSR count). The van der Waals surface area contributed by atoms with Gasteiger partial charge >= 0.3 is 0 Å². The highest BCUT2D eigenvalue weighted by Crippen LogP contribution is 2.43. The number of ether oxygens (including phenoxy) is 4. The predicted octanol–water partition coefficient (Wildman–Crippen LogP) is 3.29. The summed E-state index contributed by atoms with van der Waals surface area (Å²) in [4.78, 5) is 0. The zero-order valence-corrected chi connectivity index (χ0v) is 24.4. The van der Waals surface area contributed by atoms with Crippen molar-refractivity contribution in [1.29, 1.82) is 0 Å². The van der Waals surface area contributed by atoms with Crippen molar-refractivity contribution in [1.82, 2.24) is 0 Å². The zero-order chi connectivity index (χ0) is 26.1. The highest BCUT2D eigenvalue weighted by molar-refractivity contribution is 6.00. The van der Waals surface area contributed by atoms with Gasteiger partial charge in [-0.05, 0) is 53.9 Å². The molecule has 3 aromatic carbocycles. The molecule has 3 heterocycles. The van der Waals surface area contributed by atoms with Crippen LogP contribution in [0.3, 0.4) is 0 Å². The number of hydrogen-bond acceptors (Lipinski definition) is 5. The van der Waals surface area contributed by atoms with E-state index in [-0.39, 0.29) is 23.8 Å². The maximum atomic E-state index is 5.83. The number of anilines is 1. The van der Waals surface area contributed by atoms with Crippen LogP contribution in [-0.4, -0.2) is 27.6 Å². The Bertz CT molecular complexity index is 1490. The topological polar surface area (TPSA) is 52.8 Å². The van der Waals surface area contributed by atoms with Gasteiger partial charge in [-0.1, -0.05) is 31.9 Å². The molecule has 2 aliphatic rings. The first-order chi connectivity index (χ1) is 18.7. The quantitative estimate of drug-likeness (QED) is 0.239. The highest BCUT2D eigenvalue weighted by atomic mass is 79.9. The summed E-state index contributed by atoms with van der Waals surface area (Å²) < 4.78 is 25.2. The van der Waals surface area contributed by atoms with Gasteiger partial charge < -0.3 is 41.2 Å². The first kappa shape index (κ1) is 27.1. The van der Waals surface area contributed by atoms with Crippen molar-refractivity contribution in [2.24, 2.45) is 0 Å². The van der Waals surface area contributed by atoms with E-state index in [0.29, 0.717) is 0 Å². The predicted molar refractivity (Wildman–Crippen MR) is 150 cm³/mol. The maximum Gasteiger partial charge on any atom is 0.231 e. The van der Waals surface area contributed by atoms with Gasteiger partial charge in [-0.3, -0.25) is 0 Å². The van der Waals surface area contributed by atoms with E-state index in [4.69, 9.17) is 18.9 Å². The summed E-state index contributed by atoms with van der Waals surface area (Å²) in [6.45, 7) is 4.34. The number of halogens is 1. The van der Waals surface area contributed by atoms with Gasteiger partial charge in [-0.2, -0.15) is 4.57 Å². The van der Waals surface area contributed by atoms with Crippen molar-refractivity contribution in [3.63, 3.8) is 0 Å². The van der Waals surface area contributed by atoms with Gasteiger partial charge in [0.1, 0.15) is 11.5 Å². The number of rotatable bonds is 9. The molecule has 0 fully saturated rings. The molecule has 6 nitrogen and oxygen atoms in total. The van der Waals surface area contributed by atoms with Crippen LogP contribution in [0.25, 0.3) is 22.0 Å². The third-order valence-electron chi connectivity index (χ3n) is 7.71. The molecule has 0 radical (unpaired) electrons. The second-order valence-electron chi connectivity index (χ2n) is 10.0. The normalized spacial score (nSPS) is 12.9. The largest absolute Gasteiger partial charge is 1.00 e. The Morgan fingerprint density at radius 1 is 0.923 bits per heavy atom. The van der Waals surface area contributed by atoms with Crippen LogP contribution in [0.5, 0.6) is 23.0 Å². The van der Waals surface area contributed by atoms with E-state index in [1.54, 1.807) is 14.2 Å². The zero-order valence-electron chi connectivity index (χ0n) is 22.8. The van der Waals surface area contributed by atoms with E-state index in [0.717, 1.165) is 61.0 Å². The second-order valence-corrected chi connectivity index (χ2v) is 10.0. The molecule has 0 bridgehead atoms. The first-order valence-electron chi connectivity index (χ1n) is 13.6. The Morgan fingerprint density at radius 2 is 1.72 bits per heavy atom. The average Bonchev–Trinajstić information content (AvgIpc) is 3.41. The number of nitrogens with one attached hydrogen (secondary N) is 1. The number of aryl methyl sites for hydroxylation is 2. The van der Waals surface area contributed by atoms with Crippen molar-refractivity contribution < 1.29 is 40.5 Å². The van der Waals surface area contributed by atoms with Crippen LogP contribution in [0, 0.1) is 0 Å². The summed E-state index contributed by atoms with van der Waals surface area (Å²) in [7, 11) is 3.46. The Labute approximate surface area is 240 Å². The summed E-state index contributed by atoms with van der Waals surface area (Å²) in [5, 5.41) is 6.14. The van der Waals surface area contributed by atoms with Gasteiger partial charge in [0.2, 0.25) is 12.5 Å². The smallest absolute Gasteiger partial charge is 0.231 e. The lowest BCUT2D eigenvalue weighted by Gasteiger charge is -2.22. The van der Waals surface area contributed by atoms with Crippen molar-refractivity contribution in [2.75, 3.05) is 32.9 Å². The van der Waals surface area contributed by atoms with Gasteiger partial charge in [0.25, 0.3) is 0 Å². The van der Waals surface area contributed by atoms with Gasteiger partial charge in [0.15, 0.2) is 24.2 Å². The average molecular weight is 592 g/mol. The van der Waals surface area contributed by atoms with Crippen LogP contribution in [0.1, 0.15) is 42.9 Å². The van der Waals surface area contributed by atoms with E-state index in [1.165, 1.54) is 51.6 Å². The molecule has 2 aliphatic heterocycles. The fourth-order valence-electron chi connectivity index (χ4n) is 5.73. The van der Waals surface area contributed by atoms with Crippen molar-refractivity contribution in [2.45, 2.75) is 45.6 Å². The molecular weight excluding hydrogens is 556 g/mol. The number of methoxy groups -OCH3 is 2. The van der Waals surface area contributed by atoms with Gasteiger partial charge in [-0.25, -0.2) is 0 Å². The SMILES string of the molecule is CCCCCNc1c(OC)ccc2c(Cc3ccc(OC)cc3)c3[n+](cc12)CCc1cc2c(cc1-3)OCO2.[Br-]. The van der Waals surface area contributed by atoms with Crippen LogP contribution >= 0.6 is 0 Å². The minimum absolute atomic E-state index is 0. The standard InChI is InChI=1S/C32H34N2O4.BrH/c1-4-5-6-14-33-31-27-19-34-15-13-22-17-29-30(38-20-37-29)18-25(22)32(34)26(24(27)11-12-28(31)36-3)16-21-7-9-23(35-2)10-8-21;/h7-12,17-19H,4-6,13-16,20H2,1-3H3;1H. The molecule has 0 amide bonds. The highest BCUT2D eigenvalue weighted by Gasteiger charge is 2.32. The summed E-state index contributed by atoms with van der Waals surface area (Å²) in [5.74, 6) is 3.41. The van der Waals surface area contributed by atoms with E-state index < -0.39 is 0 Å². The molecule has 0 atom stereocenters. The number of aromatic nitrogens is 1. The Kier molecular flexibility index (Phi) is 8.17. The lowest BCUT2D eigenvalue weighted by molar-refractivity contribution is -0.686. The lowest BCUT2D eigenvalue weighted by Crippen LogP contribution is -3.00. The van der Waals surface area contributed by atoms with Crippen molar-refractivity contribution in [3.8, 4) is 34.3 Å². The maximum absolute atomic E-state index is 5.83. The Hall–Kier alpha value is -3.45.